The van der Waals surface area contributed by atoms with E-state index in [2.05, 4.69) is 54.5 Å². The molecule has 5 heteroatoms. The van der Waals surface area contributed by atoms with Crippen LogP contribution in [0.4, 0.5) is 0 Å². The summed E-state index contributed by atoms with van der Waals surface area (Å²) in [4.78, 5) is 24.6. The summed E-state index contributed by atoms with van der Waals surface area (Å²) < 4.78 is 0. The number of fused-ring (bicyclic) bond motifs is 7. The van der Waals surface area contributed by atoms with E-state index in [1.807, 2.05) is 0 Å². The van der Waals surface area contributed by atoms with Gasteiger partial charge in [-0.25, -0.2) is 5.06 Å². The first kappa shape index (κ1) is 27.2. The average Bonchev–Trinajstić information content (AvgIpc) is 2.80. The Morgan fingerprint density at radius 2 is 1.57 bits per heavy atom. The van der Waals surface area contributed by atoms with Crippen LogP contribution in [0.3, 0.4) is 0 Å². The zero-order valence-corrected chi connectivity index (χ0v) is 24.7. The second kappa shape index (κ2) is 8.08. The third-order valence-corrected chi connectivity index (χ3v) is 14.0. The molecule has 0 spiro atoms. The molecule has 0 aromatic carbocycles. The lowest BCUT2D eigenvalue weighted by Gasteiger charge is -2.71. The lowest BCUT2D eigenvalue weighted by atomic mass is 9.33. The number of carbonyl (C=O) groups is 2. The number of primary amides is 1. The van der Waals surface area contributed by atoms with Crippen molar-refractivity contribution < 1.29 is 14.8 Å². The van der Waals surface area contributed by atoms with Gasteiger partial charge in [0.2, 0.25) is 11.8 Å². The summed E-state index contributed by atoms with van der Waals surface area (Å²) in [5.74, 6) is 1.10. The Balaban J connectivity index is 1.53. The van der Waals surface area contributed by atoms with Gasteiger partial charge in [-0.15, -0.1) is 0 Å². The number of hydrogen-bond donors (Lipinski definition) is 2. The molecule has 2 amide bonds. The normalized spacial score (nSPS) is 50.5. The Labute approximate surface area is 225 Å². The second-order valence-electron chi connectivity index (χ2n) is 15.9. The van der Waals surface area contributed by atoms with Gasteiger partial charge in [0.1, 0.15) is 0 Å². The average molecular weight is 513 g/mol. The van der Waals surface area contributed by atoms with Crippen molar-refractivity contribution in [2.24, 2.45) is 56.0 Å². The maximum atomic E-state index is 12.5. The molecular formula is C32H52N2O3. The molecule has 37 heavy (non-hydrogen) atoms. The van der Waals surface area contributed by atoms with Gasteiger partial charge in [-0.2, -0.15) is 0 Å². The van der Waals surface area contributed by atoms with Crippen LogP contribution in [-0.2, 0) is 9.59 Å². The Bertz CT molecular complexity index is 1040. The summed E-state index contributed by atoms with van der Waals surface area (Å²) in [6.07, 6.45) is 13.3. The van der Waals surface area contributed by atoms with Gasteiger partial charge in [0.05, 0.1) is 6.04 Å². The molecule has 4 unspecified atom stereocenters. The Morgan fingerprint density at radius 1 is 0.919 bits per heavy atom. The Hall–Kier alpha value is -1.36. The maximum Gasteiger partial charge on any atom is 0.243 e. The fraction of sp³-hybridized carbons (Fsp3) is 0.875. The lowest BCUT2D eigenvalue weighted by Crippen LogP contribution is -2.66. The molecule has 0 heterocycles. The molecule has 5 nitrogen and oxygen atoms in total. The minimum Gasteiger partial charge on any atom is -0.369 e. The molecule has 4 fully saturated rings. The highest BCUT2D eigenvalue weighted by Gasteiger charge is 2.68. The molecule has 0 aromatic rings. The third kappa shape index (κ3) is 3.44. The fourth-order valence-electron chi connectivity index (χ4n) is 11.2. The smallest absolute Gasteiger partial charge is 0.243 e. The first-order chi connectivity index (χ1) is 17.0. The van der Waals surface area contributed by atoms with Crippen LogP contribution in [0.5, 0.6) is 0 Å². The van der Waals surface area contributed by atoms with Crippen molar-refractivity contribution in [2.45, 2.75) is 126 Å². The van der Waals surface area contributed by atoms with Crippen molar-refractivity contribution in [3.63, 3.8) is 0 Å². The quantitative estimate of drug-likeness (QED) is 0.240. The van der Waals surface area contributed by atoms with Crippen LogP contribution >= 0.6 is 0 Å². The number of allylic oxidation sites excluding steroid dienone is 2. The topological polar surface area (TPSA) is 83.6 Å². The van der Waals surface area contributed by atoms with E-state index in [0.29, 0.717) is 17.8 Å². The summed E-state index contributed by atoms with van der Waals surface area (Å²) in [5, 5.41) is 11.7. The van der Waals surface area contributed by atoms with Gasteiger partial charge < -0.3 is 5.73 Å². The number of hydrogen-bond acceptors (Lipinski definition) is 3. The van der Waals surface area contributed by atoms with E-state index in [9.17, 15) is 14.8 Å². The molecule has 9 atom stereocenters. The van der Waals surface area contributed by atoms with Gasteiger partial charge in [0.15, 0.2) is 0 Å². The van der Waals surface area contributed by atoms with Crippen LogP contribution in [0.25, 0.3) is 0 Å². The highest BCUT2D eigenvalue weighted by atomic mass is 16.5. The molecule has 0 aliphatic heterocycles. The zero-order chi connectivity index (χ0) is 27.4. The van der Waals surface area contributed by atoms with Crippen molar-refractivity contribution in [3.05, 3.63) is 11.6 Å². The Morgan fingerprint density at radius 3 is 2.19 bits per heavy atom. The first-order valence-corrected chi connectivity index (χ1v) is 15.0. The standard InChI is InChI=1S/C32H52N2O3/c1-20(35)34(37)25-12-13-30(6)23(27(25,2)3)11-14-32(8)24(30)10-9-21-22-19-29(5,26(33)36)16-15-28(22,4)17-18-31(21,32)7/h9,22-25,37H,10-19H2,1-8H3,(H2,33,36)/t22-,23?,24?,25?,28-,29?,30+,31-,32-/m1/s1. The van der Waals surface area contributed by atoms with E-state index >= 15 is 0 Å². The second-order valence-corrected chi connectivity index (χ2v) is 15.9. The van der Waals surface area contributed by atoms with E-state index in [-0.39, 0.29) is 44.9 Å². The molecule has 3 N–H and O–H groups in total. The van der Waals surface area contributed by atoms with Crippen molar-refractivity contribution in [2.75, 3.05) is 0 Å². The summed E-state index contributed by atoms with van der Waals surface area (Å²) >= 11 is 0. The zero-order valence-electron chi connectivity index (χ0n) is 24.7. The SMILES string of the molecule is CC(=O)N(O)C1CC[C@@]2(C)C(CC[C@]3(C)C2CC=C2[C@H]4CC(C)(C(N)=O)CC[C@]4(C)CC[C@]23C)C1(C)C. The molecule has 4 saturated carbocycles. The van der Waals surface area contributed by atoms with Crippen LogP contribution in [0.1, 0.15) is 120 Å². The molecule has 5 aliphatic carbocycles. The minimum absolute atomic E-state index is 0.123. The van der Waals surface area contributed by atoms with E-state index in [1.165, 1.54) is 26.2 Å². The van der Waals surface area contributed by atoms with E-state index < -0.39 is 5.41 Å². The van der Waals surface area contributed by atoms with Crippen LogP contribution in [-0.4, -0.2) is 28.1 Å². The number of hydroxylamine groups is 2. The molecule has 0 aromatic heterocycles. The third-order valence-electron chi connectivity index (χ3n) is 14.0. The van der Waals surface area contributed by atoms with Gasteiger partial charge in [-0.3, -0.25) is 14.8 Å². The Kier molecular flexibility index (Phi) is 5.95. The lowest BCUT2D eigenvalue weighted by molar-refractivity contribution is -0.231. The van der Waals surface area contributed by atoms with Gasteiger partial charge in [-0.05, 0) is 109 Å². The fourth-order valence-corrected chi connectivity index (χ4v) is 11.2. The molecule has 5 aliphatic rings. The maximum absolute atomic E-state index is 12.5. The van der Waals surface area contributed by atoms with Crippen molar-refractivity contribution in [1.29, 1.82) is 0 Å². The highest BCUT2D eigenvalue weighted by molar-refractivity contribution is 5.80. The molecule has 0 saturated heterocycles. The predicted octanol–water partition coefficient (Wildman–Crippen LogP) is 6.88. The molecular weight excluding hydrogens is 460 g/mol. The van der Waals surface area contributed by atoms with Crippen LogP contribution in [0, 0.1) is 50.2 Å². The molecule has 0 bridgehead atoms. The first-order valence-electron chi connectivity index (χ1n) is 15.0. The van der Waals surface area contributed by atoms with Crippen molar-refractivity contribution in [3.8, 4) is 0 Å². The van der Waals surface area contributed by atoms with Crippen LogP contribution in [0.2, 0.25) is 0 Å². The van der Waals surface area contributed by atoms with Crippen LogP contribution in [0.15, 0.2) is 11.6 Å². The molecule has 5 rings (SSSR count). The van der Waals surface area contributed by atoms with Crippen molar-refractivity contribution >= 4 is 11.8 Å². The number of nitrogens with two attached hydrogens (primary N) is 1. The molecule has 208 valence electrons. The highest BCUT2D eigenvalue weighted by Crippen LogP contribution is 2.75. The number of amides is 2. The summed E-state index contributed by atoms with van der Waals surface area (Å²) in [5.41, 5.74) is 7.83. The van der Waals surface area contributed by atoms with E-state index in [4.69, 9.17) is 5.73 Å². The largest absolute Gasteiger partial charge is 0.369 e. The van der Waals surface area contributed by atoms with Gasteiger partial charge in [-0.1, -0.05) is 60.1 Å². The van der Waals surface area contributed by atoms with E-state index in [1.54, 1.807) is 5.57 Å². The van der Waals surface area contributed by atoms with E-state index in [0.717, 1.165) is 50.0 Å². The number of nitrogens with zero attached hydrogens (tertiary/aromatic N) is 1. The van der Waals surface area contributed by atoms with Crippen LogP contribution < -0.4 is 5.73 Å². The number of rotatable bonds is 2. The monoisotopic (exact) mass is 512 g/mol. The van der Waals surface area contributed by atoms with Gasteiger partial charge in [0.25, 0.3) is 0 Å². The van der Waals surface area contributed by atoms with Crippen molar-refractivity contribution in [1.82, 2.24) is 5.06 Å². The predicted molar refractivity (Wildman–Crippen MR) is 146 cm³/mol. The summed E-state index contributed by atoms with van der Waals surface area (Å²) in [6, 6.07) is -0.123. The number of carbonyl (C=O) groups excluding carboxylic acids is 2. The summed E-state index contributed by atoms with van der Waals surface area (Å²) in [6.45, 7) is 18.3. The minimum atomic E-state index is -0.403. The van der Waals surface area contributed by atoms with Gasteiger partial charge >= 0.3 is 0 Å². The van der Waals surface area contributed by atoms with Gasteiger partial charge in [0, 0.05) is 12.3 Å². The summed E-state index contributed by atoms with van der Waals surface area (Å²) in [7, 11) is 0. The molecule has 0 radical (unpaired) electrons.